The molecule has 0 aliphatic heterocycles. The van der Waals surface area contributed by atoms with Crippen LogP contribution in [0.2, 0.25) is 0 Å². The molecule has 0 amide bonds. The van der Waals surface area contributed by atoms with Gasteiger partial charge in [0.1, 0.15) is 17.6 Å². The van der Waals surface area contributed by atoms with Crippen LogP contribution in [0.1, 0.15) is 17.2 Å². The van der Waals surface area contributed by atoms with Gasteiger partial charge < -0.3 is 14.4 Å². The average Bonchev–Trinajstić information content (AvgIpc) is 2.61. The summed E-state index contributed by atoms with van der Waals surface area (Å²) in [6.45, 7) is 0. The molecule has 6 nitrogen and oxygen atoms in total. The van der Waals surface area contributed by atoms with E-state index in [0.717, 1.165) is 0 Å². The molecule has 0 aliphatic carbocycles. The van der Waals surface area contributed by atoms with Crippen LogP contribution in [0.25, 0.3) is 0 Å². The molecule has 0 unspecified atom stereocenters. The molecule has 0 aromatic heterocycles. The number of nitrogens with zero attached hydrogens (tertiary/aromatic N) is 2. The first kappa shape index (κ1) is 19.5. The standard InChI is InChI=1S/C18H25N2O4P/c1-19(2)25(22,20(3)4)24-17-9-7-6-8-16(17)18(21)14-10-12-15(23-5)13-11-14/h6-13,18,21H,1-5H3/t18-/m0/s1. The molecule has 1 N–H and O–H groups in total. The summed E-state index contributed by atoms with van der Waals surface area (Å²) in [4.78, 5) is 0. The number of methoxy groups -OCH3 is 1. The molecule has 2 aromatic rings. The van der Waals surface area contributed by atoms with Crippen molar-refractivity contribution in [1.82, 2.24) is 9.34 Å². The first-order valence-corrected chi connectivity index (χ1v) is 9.39. The van der Waals surface area contributed by atoms with Crippen LogP contribution < -0.4 is 9.26 Å². The Morgan fingerprint density at radius 3 is 2.04 bits per heavy atom. The normalized spacial score (nSPS) is 13.1. The molecule has 0 radical (unpaired) electrons. The van der Waals surface area contributed by atoms with Crippen LogP contribution in [0.4, 0.5) is 0 Å². The SMILES string of the molecule is COc1ccc([C@H](O)c2ccccc2OP(=O)(N(C)C)N(C)C)cc1. The minimum atomic E-state index is -3.22. The zero-order chi connectivity index (χ0) is 18.6. The second-order valence-electron chi connectivity index (χ2n) is 5.99. The number of rotatable bonds is 7. The van der Waals surface area contributed by atoms with Crippen molar-refractivity contribution in [2.45, 2.75) is 6.10 Å². The Hall–Kier alpha value is -1.85. The molecule has 136 valence electrons. The van der Waals surface area contributed by atoms with Crippen LogP contribution in [0.15, 0.2) is 48.5 Å². The lowest BCUT2D eigenvalue weighted by Gasteiger charge is -2.30. The van der Waals surface area contributed by atoms with E-state index in [1.807, 2.05) is 6.07 Å². The van der Waals surface area contributed by atoms with Gasteiger partial charge in [-0.1, -0.05) is 30.3 Å². The highest BCUT2D eigenvalue weighted by Gasteiger charge is 2.32. The zero-order valence-electron chi connectivity index (χ0n) is 15.2. The summed E-state index contributed by atoms with van der Waals surface area (Å²) in [5.74, 6) is 1.10. The summed E-state index contributed by atoms with van der Waals surface area (Å²) in [6.07, 6.45) is -0.903. The fourth-order valence-corrected chi connectivity index (χ4v) is 3.87. The highest BCUT2D eigenvalue weighted by Crippen LogP contribution is 2.51. The van der Waals surface area contributed by atoms with Gasteiger partial charge in [-0.2, -0.15) is 0 Å². The highest BCUT2D eigenvalue weighted by atomic mass is 31.2. The number of aliphatic hydroxyl groups excluding tert-OH is 1. The van der Waals surface area contributed by atoms with Gasteiger partial charge in [0, 0.05) is 5.56 Å². The second-order valence-corrected chi connectivity index (χ2v) is 8.75. The van der Waals surface area contributed by atoms with Crippen molar-refractivity contribution in [2.24, 2.45) is 0 Å². The van der Waals surface area contributed by atoms with Gasteiger partial charge in [-0.3, -0.25) is 0 Å². The van der Waals surface area contributed by atoms with E-state index < -0.39 is 13.8 Å². The van der Waals surface area contributed by atoms with Gasteiger partial charge in [0.25, 0.3) is 0 Å². The second kappa shape index (κ2) is 8.02. The average molecular weight is 364 g/mol. The number of benzene rings is 2. The molecular formula is C18H25N2O4P. The highest BCUT2D eigenvalue weighted by molar-refractivity contribution is 7.54. The molecule has 1 atom stereocenters. The lowest BCUT2D eigenvalue weighted by atomic mass is 10.0. The Labute approximate surface area is 149 Å². The number of aliphatic hydroxyl groups is 1. The molecule has 0 saturated heterocycles. The largest absolute Gasteiger partial charge is 0.497 e. The fraction of sp³-hybridized carbons (Fsp3) is 0.333. The Morgan fingerprint density at radius 1 is 0.960 bits per heavy atom. The number of hydrogen-bond donors (Lipinski definition) is 1. The molecule has 0 bridgehead atoms. The van der Waals surface area contributed by atoms with E-state index in [4.69, 9.17) is 9.26 Å². The Bertz CT molecular complexity index is 735. The summed E-state index contributed by atoms with van der Waals surface area (Å²) >= 11 is 0. The minimum absolute atomic E-state index is 0.386. The predicted molar refractivity (Wildman–Crippen MR) is 99.1 cm³/mol. The summed E-state index contributed by atoms with van der Waals surface area (Å²) < 4.78 is 27.2. The maximum Gasteiger partial charge on any atom is 0.394 e. The Morgan fingerprint density at radius 2 is 1.52 bits per heavy atom. The number of ether oxygens (including phenoxy) is 1. The molecule has 2 rings (SSSR count). The lowest BCUT2D eigenvalue weighted by Crippen LogP contribution is -2.25. The van der Waals surface area contributed by atoms with Crippen molar-refractivity contribution in [3.63, 3.8) is 0 Å². The zero-order valence-corrected chi connectivity index (χ0v) is 16.1. The molecule has 7 heteroatoms. The van der Waals surface area contributed by atoms with Gasteiger partial charge in [0.05, 0.1) is 7.11 Å². The van der Waals surface area contributed by atoms with E-state index in [0.29, 0.717) is 22.6 Å². The minimum Gasteiger partial charge on any atom is -0.497 e. The summed E-state index contributed by atoms with van der Waals surface area (Å²) in [7, 11) is 5.16. The molecule has 25 heavy (non-hydrogen) atoms. The maximum atomic E-state index is 13.1. The van der Waals surface area contributed by atoms with E-state index in [1.54, 1.807) is 87.1 Å². The maximum absolute atomic E-state index is 13.1. The predicted octanol–water partition coefficient (Wildman–Crippen LogP) is 3.39. The molecular weight excluding hydrogens is 339 g/mol. The number of hydrogen-bond acceptors (Lipinski definition) is 4. The van der Waals surface area contributed by atoms with Crippen molar-refractivity contribution in [3.05, 3.63) is 59.7 Å². The first-order chi connectivity index (χ1) is 11.8. The Balaban J connectivity index is 2.38. The monoisotopic (exact) mass is 364 g/mol. The fourth-order valence-electron chi connectivity index (χ4n) is 2.40. The van der Waals surface area contributed by atoms with Crippen molar-refractivity contribution in [1.29, 1.82) is 0 Å². The van der Waals surface area contributed by atoms with Crippen molar-refractivity contribution in [3.8, 4) is 11.5 Å². The summed E-state index contributed by atoms with van der Waals surface area (Å²) in [5, 5.41) is 10.8. The molecule has 0 heterocycles. The smallest absolute Gasteiger partial charge is 0.394 e. The number of para-hydroxylation sites is 1. The van der Waals surface area contributed by atoms with Gasteiger partial charge in [-0.15, -0.1) is 0 Å². The first-order valence-electron chi connectivity index (χ1n) is 7.85. The third-order valence-electron chi connectivity index (χ3n) is 3.87. The Kier molecular flexibility index (Phi) is 6.25. The van der Waals surface area contributed by atoms with Gasteiger partial charge in [0.15, 0.2) is 0 Å². The van der Waals surface area contributed by atoms with E-state index in [9.17, 15) is 9.67 Å². The van der Waals surface area contributed by atoms with Crippen molar-refractivity contribution < 1.29 is 18.9 Å². The third kappa shape index (κ3) is 4.22. The van der Waals surface area contributed by atoms with Crippen LogP contribution in [0, 0.1) is 0 Å². The summed E-state index contributed by atoms with van der Waals surface area (Å²) in [5.41, 5.74) is 1.25. The molecule has 0 spiro atoms. The molecule has 0 aliphatic rings. The van der Waals surface area contributed by atoms with Crippen molar-refractivity contribution in [2.75, 3.05) is 35.3 Å². The quantitative estimate of drug-likeness (QED) is 0.760. The van der Waals surface area contributed by atoms with Gasteiger partial charge in [-0.05, 0) is 52.0 Å². The van der Waals surface area contributed by atoms with Gasteiger partial charge >= 0.3 is 7.67 Å². The van der Waals surface area contributed by atoms with Crippen LogP contribution in [0.3, 0.4) is 0 Å². The third-order valence-corrected chi connectivity index (χ3v) is 6.33. The van der Waals surface area contributed by atoms with Crippen LogP contribution in [-0.2, 0) is 4.57 Å². The van der Waals surface area contributed by atoms with Crippen molar-refractivity contribution >= 4 is 7.67 Å². The van der Waals surface area contributed by atoms with Gasteiger partial charge in [-0.25, -0.2) is 13.9 Å². The van der Waals surface area contributed by atoms with E-state index in [2.05, 4.69) is 0 Å². The van der Waals surface area contributed by atoms with Crippen LogP contribution in [0.5, 0.6) is 11.5 Å². The summed E-state index contributed by atoms with van der Waals surface area (Å²) in [6, 6.07) is 14.2. The van der Waals surface area contributed by atoms with Gasteiger partial charge in [0.2, 0.25) is 0 Å². The van der Waals surface area contributed by atoms with E-state index in [-0.39, 0.29) is 0 Å². The molecule has 2 aromatic carbocycles. The molecule has 0 fully saturated rings. The van der Waals surface area contributed by atoms with E-state index in [1.165, 1.54) is 0 Å². The molecule has 0 saturated carbocycles. The van der Waals surface area contributed by atoms with Crippen LogP contribution in [-0.4, -0.2) is 49.7 Å². The van der Waals surface area contributed by atoms with E-state index >= 15 is 0 Å². The topological polar surface area (TPSA) is 62.2 Å². The lowest BCUT2D eigenvalue weighted by molar-refractivity contribution is 0.216. The van der Waals surface area contributed by atoms with Crippen LogP contribution >= 0.6 is 7.67 Å².